The van der Waals surface area contributed by atoms with Gasteiger partial charge in [0.1, 0.15) is 0 Å². The van der Waals surface area contributed by atoms with E-state index >= 15 is 0 Å². The van der Waals surface area contributed by atoms with Gasteiger partial charge in [0.2, 0.25) is 0 Å². The summed E-state index contributed by atoms with van der Waals surface area (Å²) in [6.45, 7) is 20.7. The van der Waals surface area contributed by atoms with E-state index in [9.17, 15) is 13.6 Å². The SMILES string of the molecule is CC(C)c1cc(C(C)C)c(C(C(=O)NOc2c(C(C)C)cccc2C(C)C)S(=O)O)c(C(C)C)c1. The summed E-state index contributed by atoms with van der Waals surface area (Å²) in [4.78, 5) is 19.4. The van der Waals surface area contributed by atoms with Crippen molar-refractivity contribution < 1.29 is 18.4 Å². The lowest BCUT2D eigenvalue weighted by molar-refractivity contribution is -0.127. The topological polar surface area (TPSA) is 75.6 Å². The van der Waals surface area contributed by atoms with Crippen molar-refractivity contribution in [3.05, 3.63) is 63.7 Å². The van der Waals surface area contributed by atoms with Gasteiger partial charge in [0.05, 0.1) is 0 Å². The van der Waals surface area contributed by atoms with Crippen LogP contribution in [-0.2, 0) is 15.9 Å². The first-order valence-corrected chi connectivity index (χ1v) is 13.8. The molecule has 0 aliphatic carbocycles. The van der Waals surface area contributed by atoms with E-state index < -0.39 is 22.2 Å². The normalized spacial score (nSPS) is 13.7. The average Bonchev–Trinajstić information content (AvgIpc) is 2.76. The largest absolute Gasteiger partial charge is 0.379 e. The first-order chi connectivity index (χ1) is 16.3. The minimum absolute atomic E-state index is 0.0789. The molecule has 5 nitrogen and oxygen atoms in total. The fourth-order valence-electron chi connectivity index (χ4n) is 4.39. The van der Waals surface area contributed by atoms with Crippen LogP contribution in [0.15, 0.2) is 30.3 Å². The second kappa shape index (κ2) is 12.2. The number of hydrogen-bond acceptors (Lipinski definition) is 3. The predicted octanol–water partition coefficient (Wildman–Crippen LogP) is 7.68. The van der Waals surface area contributed by atoms with Crippen molar-refractivity contribution in [3.8, 4) is 5.75 Å². The van der Waals surface area contributed by atoms with E-state index in [4.69, 9.17) is 4.84 Å². The Morgan fingerprint density at radius 3 is 1.54 bits per heavy atom. The van der Waals surface area contributed by atoms with Gasteiger partial charge in [-0.25, -0.2) is 4.21 Å². The monoisotopic (exact) mass is 501 g/mol. The molecule has 0 aromatic heterocycles. The second-order valence-electron chi connectivity index (χ2n) is 10.9. The maximum atomic E-state index is 13.5. The lowest BCUT2D eigenvalue weighted by Gasteiger charge is -2.27. The Morgan fingerprint density at radius 2 is 1.20 bits per heavy atom. The number of carbonyl (C=O) groups excluding carboxylic acids is 1. The molecule has 0 saturated carbocycles. The standard InChI is InChI=1S/C29H43NO4S/c1-16(2)21-14-24(19(7)8)26(25(15-21)20(9)10)28(35(32)33)29(31)30-34-27-22(17(3)4)12-11-13-23(27)18(5)6/h11-20,28H,1-10H3,(H,30,31)(H,32,33). The Bertz CT molecular complexity index is 1000. The molecule has 0 saturated heterocycles. The molecule has 0 fully saturated rings. The minimum atomic E-state index is -2.43. The predicted molar refractivity (Wildman–Crippen MR) is 146 cm³/mol. The van der Waals surface area contributed by atoms with E-state index in [2.05, 4.69) is 59.2 Å². The molecule has 0 heterocycles. The van der Waals surface area contributed by atoms with E-state index in [-0.39, 0.29) is 23.7 Å². The molecule has 2 rings (SSSR count). The Kier molecular flexibility index (Phi) is 10.1. The summed E-state index contributed by atoms with van der Waals surface area (Å²) in [5.74, 6) is 0.817. The van der Waals surface area contributed by atoms with E-state index in [1.165, 1.54) is 0 Å². The molecule has 6 heteroatoms. The molecule has 1 amide bonds. The third-order valence-corrected chi connectivity index (χ3v) is 7.31. The van der Waals surface area contributed by atoms with E-state index in [0.717, 1.165) is 27.8 Å². The maximum absolute atomic E-state index is 13.5. The van der Waals surface area contributed by atoms with Crippen LogP contribution >= 0.6 is 0 Å². The molecule has 2 atom stereocenters. The lowest BCUT2D eigenvalue weighted by atomic mass is 9.83. The summed E-state index contributed by atoms with van der Waals surface area (Å²) in [6, 6.07) is 10.1. The zero-order valence-electron chi connectivity index (χ0n) is 22.9. The van der Waals surface area contributed by atoms with Crippen LogP contribution in [0.1, 0.15) is 137 Å². The van der Waals surface area contributed by atoms with Crippen molar-refractivity contribution in [2.24, 2.45) is 0 Å². The molecule has 0 radical (unpaired) electrons. The highest BCUT2D eigenvalue weighted by molar-refractivity contribution is 7.80. The molecule has 2 aromatic carbocycles. The summed E-state index contributed by atoms with van der Waals surface area (Å²) >= 11 is -2.43. The van der Waals surface area contributed by atoms with Gasteiger partial charge in [0.25, 0.3) is 5.91 Å². The zero-order valence-corrected chi connectivity index (χ0v) is 23.7. The molecule has 0 spiro atoms. The van der Waals surface area contributed by atoms with Gasteiger partial charge in [0, 0.05) is 11.1 Å². The Labute approximate surface area is 214 Å². The molecule has 194 valence electrons. The Morgan fingerprint density at radius 1 is 0.771 bits per heavy atom. The molecule has 0 aliphatic rings. The second-order valence-corrected chi connectivity index (χ2v) is 11.9. The van der Waals surface area contributed by atoms with Gasteiger partial charge in [-0.1, -0.05) is 99.6 Å². The highest BCUT2D eigenvalue weighted by Crippen LogP contribution is 2.38. The van der Waals surface area contributed by atoms with Crippen LogP contribution in [0.25, 0.3) is 0 Å². The number of benzene rings is 2. The van der Waals surface area contributed by atoms with Gasteiger partial charge in [-0.2, -0.15) is 5.48 Å². The summed E-state index contributed by atoms with van der Waals surface area (Å²) < 4.78 is 23.0. The number of carbonyl (C=O) groups is 1. The number of hydroxylamine groups is 1. The van der Waals surface area contributed by atoms with Crippen LogP contribution in [0, 0.1) is 0 Å². The average molecular weight is 502 g/mol. The van der Waals surface area contributed by atoms with E-state index in [0.29, 0.717) is 17.2 Å². The Balaban J connectivity index is 2.58. The number of rotatable bonds is 10. The summed E-state index contributed by atoms with van der Waals surface area (Å²) in [6.07, 6.45) is 0. The first kappa shape index (κ1) is 29.1. The van der Waals surface area contributed by atoms with E-state index in [1.54, 1.807) is 0 Å². The molecule has 0 aliphatic heterocycles. The van der Waals surface area contributed by atoms with Crippen LogP contribution in [0.5, 0.6) is 5.75 Å². The molecule has 0 bridgehead atoms. The van der Waals surface area contributed by atoms with Gasteiger partial charge in [-0.15, -0.1) is 0 Å². The van der Waals surface area contributed by atoms with Crippen LogP contribution < -0.4 is 10.3 Å². The summed E-state index contributed by atoms with van der Waals surface area (Å²) in [5.41, 5.74) is 8.14. The van der Waals surface area contributed by atoms with Gasteiger partial charge < -0.3 is 9.39 Å². The molecule has 35 heavy (non-hydrogen) atoms. The minimum Gasteiger partial charge on any atom is -0.379 e. The summed E-state index contributed by atoms with van der Waals surface area (Å²) in [5, 5.41) is -1.26. The highest BCUT2D eigenvalue weighted by atomic mass is 32.2. The third kappa shape index (κ3) is 6.73. The maximum Gasteiger partial charge on any atom is 0.275 e. The van der Waals surface area contributed by atoms with Crippen LogP contribution in [0.4, 0.5) is 0 Å². The smallest absolute Gasteiger partial charge is 0.275 e. The molecule has 2 unspecified atom stereocenters. The molecular weight excluding hydrogens is 458 g/mol. The van der Waals surface area contributed by atoms with Gasteiger partial charge in [-0.3, -0.25) is 4.79 Å². The van der Waals surface area contributed by atoms with Crippen molar-refractivity contribution in [2.75, 3.05) is 0 Å². The van der Waals surface area contributed by atoms with Gasteiger partial charge in [0.15, 0.2) is 22.1 Å². The molecular formula is C29H43NO4S. The van der Waals surface area contributed by atoms with E-state index in [1.807, 2.05) is 45.9 Å². The molecule has 2 aromatic rings. The van der Waals surface area contributed by atoms with Crippen LogP contribution in [0.2, 0.25) is 0 Å². The number of nitrogens with one attached hydrogen (secondary N) is 1. The number of hydrogen-bond donors (Lipinski definition) is 2. The number of para-hydroxylation sites is 1. The molecule has 2 N–H and O–H groups in total. The van der Waals surface area contributed by atoms with Gasteiger partial charge in [-0.05, 0) is 51.8 Å². The fraction of sp³-hybridized carbons (Fsp3) is 0.552. The highest BCUT2D eigenvalue weighted by Gasteiger charge is 2.34. The quantitative estimate of drug-likeness (QED) is 0.259. The van der Waals surface area contributed by atoms with Crippen molar-refractivity contribution in [3.63, 3.8) is 0 Å². The Hall–Kier alpha value is -2.18. The number of amides is 1. The van der Waals surface area contributed by atoms with Gasteiger partial charge >= 0.3 is 0 Å². The third-order valence-electron chi connectivity index (χ3n) is 6.45. The summed E-state index contributed by atoms with van der Waals surface area (Å²) in [7, 11) is 0. The van der Waals surface area contributed by atoms with Crippen molar-refractivity contribution in [1.29, 1.82) is 0 Å². The van der Waals surface area contributed by atoms with Crippen LogP contribution in [-0.4, -0.2) is 14.7 Å². The van der Waals surface area contributed by atoms with Crippen molar-refractivity contribution in [2.45, 2.75) is 104 Å². The van der Waals surface area contributed by atoms with Crippen LogP contribution in [0.3, 0.4) is 0 Å². The van der Waals surface area contributed by atoms with Crippen molar-refractivity contribution >= 4 is 17.0 Å². The zero-order chi connectivity index (χ0) is 26.6. The fourth-order valence-corrected chi connectivity index (χ4v) is 5.10. The van der Waals surface area contributed by atoms with Crippen molar-refractivity contribution in [1.82, 2.24) is 5.48 Å². The lowest BCUT2D eigenvalue weighted by Crippen LogP contribution is -2.36. The first-order valence-electron chi connectivity index (χ1n) is 12.6.